The molecule has 1 fully saturated rings. The number of benzene rings is 1. The van der Waals surface area contributed by atoms with Crippen molar-refractivity contribution in [1.82, 2.24) is 4.31 Å². The van der Waals surface area contributed by atoms with Gasteiger partial charge in [-0.05, 0) is 18.6 Å². The quantitative estimate of drug-likeness (QED) is 0.853. The van der Waals surface area contributed by atoms with Crippen LogP contribution >= 0.6 is 0 Å². The lowest BCUT2D eigenvalue weighted by Crippen LogP contribution is -2.40. The van der Waals surface area contributed by atoms with Crippen LogP contribution in [0.3, 0.4) is 0 Å². The topological polar surface area (TPSA) is 93.1 Å². The highest BCUT2D eigenvalue weighted by Gasteiger charge is 2.30. The van der Waals surface area contributed by atoms with Crippen LogP contribution in [0.15, 0.2) is 17.0 Å². The van der Waals surface area contributed by atoms with E-state index in [-0.39, 0.29) is 30.2 Å². The van der Waals surface area contributed by atoms with Crippen LogP contribution in [0.5, 0.6) is 5.75 Å². The molecule has 0 unspecified atom stereocenters. The summed E-state index contributed by atoms with van der Waals surface area (Å²) in [6, 6.07) is 3.14. The normalized spacial score (nSPS) is 16.5. The second-order valence-electron chi connectivity index (χ2n) is 5.04. The van der Waals surface area contributed by atoms with Gasteiger partial charge in [0.25, 0.3) is 0 Å². The van der Waals surface area contributed by atoms with E-state index in [4.69, 9.17) is 14.6 Å². The number of morpholine rings is 1. The van der Waals surface area contributed by atoms with Gasteiger partial charge in [-0.2, -0.15) is 4.31 Å². The molecule has 2 rings (SSSR count). The Hall–Kier alpha value is -1.64. The molecule has 0 amide bonds. The van der Waals surface area contributed by atoms with Crippen molar-refractivity contribution in [3.63, 3.8) is 0 Å². The van der Waals surface area contributed by atoms with Crippen molar-refractivity contribution < 1.29 is 27.8 Å². The molecule has 1 aliphatic rings. The summed E-state index contributed by atoms with van der Waals surface area (Å²) < 4.78 is 37.3. The van der Waals surface area contributed by atoms with Gasteiger partial charge >= 0.3 is 5.97 Å². The summed E-state index contributed by atoms with van der Waals surface area (Å²) in [5.74, 6) is -0.946. The number of nitrogens with zero attached hydrogens (tertiary/aromatic N) is 1. The molecule has 0 atom stereocenters. The highest BCUT2D eigenvalue weighted by Crippen LogP contribution is 2.32. The fourth-order valence-electron chi connectivity index (χ4n) is 2.46. The SMILES string of the molecule is COc1c(CC(=O)O)cc(C)cc1S(=O)(=O)N1CCOCC1. The summed E-state index contributed by atoms with van der Waals surface area (Å²) in [6.45, 7) is 2.95. The van der Waals surface area contributed by atoms with E-state index in [0.717, 1.165) is 0 Å². The monoisotopic (exact) mass is 329 g/mol. The lowest BCUT2D eigenvalue weighted by atomic mass is 10.1. The summed E-state index contributed by atoms with van der Waals surface area (Å²) in [5.41, 5.74) is 1.02. The van der Waals surface area contributed by atoms with E-state index in [9.17, 15) is 13.2 Å². The number of carboxylic acid groups (broad SMARTS) is 1. The number of methoxy groups -OCH3 is 1. The van der Waals surface area contributed by atoms with Gasteiger partial charge in [0.1, 0.15) is 10.6 Å². The summed E-state index contributed by atoms with van der Waals surface area (Å²) in [7, 11) is -2.41. The zero-order valence-electron chi connectivity index (χ0n) is 12.5. The molecule has 0 radical (unpaired) electrons. The van der Waals surface area contributed by atoms with Crippen molar-refractivity contribution in [1.29, 1.82) is 0 Å². The fourth-order valence-corrected chi connectivity index (χ4v) is 4.15. The summed E-state index contributed by atoms with van der Waals surface area (Å²) in [6.07, 6.45) is -0.295. The second kappa shape index (κ2) is 6.64. The predicted octanol–water partition coefficient (Wildman–Crippen LogP) is 0.652. The van der Waals surface area contributed by atoms with Gasteiger partial charge in [-0.25, -0.2) is 8.42 Å². The first-order chi connectivity index (χ1) is 10.4. The third-order valence-corrected chi connectivity index (χ3v) is 5.31. The lowest BCUT2D eigenvalue weighted by Gasteiger charge is -2.27. The van der Waals surface area contributed by atoms with Crippen molar-refractivity contribution in [3.05, 3.63) is 23.3 Å². The molecule has 1 saturated heterocycles. The summed E-state index contributed by atoms with van der Waals surface area (Å²) in [4.78, 5) is 11.0. The Bertz CT molecular complexity index is 664. The number of hydrogen-bond donors (Lipinski definition) is 1. The maximum atomic E-state index is 12.8. The average Bonchev–Trinajstić information content (AvgIpc) is 2.47. The Morgan fingerprint density at radius 2 is 2.00 bits per heavy atom. The van der Waals surface area contributed by atoms with Crippen LogP contribution in [-0.2, 0) is 26.0 Å². The molecule has 1 aromatic rings. The number of aryl methyl sites for hydroxylation is 1. The Labute approximate surface area is 129 Å². The van der Waals surface area contributed by atoms with Crippen molar-refractivity contribution in [2.75, 3.05) is 33.4 Å². The Morgan fingerprint density at radius 1 is 1.36 bits per heavy atom. The Morgan fingerprint density at radius 3 is 2.55 bits per heavy atom. The molecule has 1 heterocycles. The van der Waals surface area contributed by atoms with E-state index in [1.807, 2.05) is 0 Å². The van der Waals surface area contributed by atoms with Gasteiger partial charge in [-0.15, -0.1) is 0 Å². The molecular formula is C14H19NO6S. The Balaban J connectivity index is 2.53. The summed E-state index contributed by atoms with van der Waals surface area (Å²) in [5, 5.41) is 8.99. The number of ether oxygens (including phenoxy) is 2. The first-order valence-electron chi connectivity index (χ1n) is 6.83. The third kappa shape index (κ3) is 3.40. The molecule has 7 nitrogen and oxygen atoms in total. The van der Waals surface area contributed by atoms with E-state index in [2.05, 4.69) is 0 Å². The van der Waals surface area contributed by atoms with E-state index in [1.54, 1.807) is 13.0 Å². The highest BCUT2D eigenvalue weighted by molar-refractivity contribution is 7.89. The van der Waals surface area contributed by atoms with Crippen LogP contribution in [0.2, 0.25) is 0 Å². The smallest absolute Gasteiger partial charge is 0.307 e. The summed E-state index contributed by atoms with van der Waals surface area (Å²) >= 11 is 0. The zero-order chi connectivity index (χ0) is 16.3. The number of sulfonamides is 1. The number of carboxylic acids is 1. The molecule has 0 saturated carbocycles. The van der Waals surface area contributed by atoms with Gasteiger partial charge in [0.2, 0.25) is 10.0 Å². The predicted molar refractivity (Wildman–Crippen MR) is 78.6 cm³/mol. The van der Waals surface area contributed by atoms with E-state index in [1.165, 1.54) is 17.5 Å². The second-order valence-corrected chi connectivity index (χ2v) is 6.95. The highest BCUT2D eigenvalue weighted by atomic mass is 32.2. The molecule has 0 bridgehead atoms. The van der Waals surface area contributed by atoms with Crippen LogP contribution < -0.4 is 4.74 Å². The third-order valence-electron chi connectivity index (χ3n) is 3.41. The molecule has 1 aliphatic heterocycles. The number of aliphatic carboxylic acids is 1. The molecule has 1 N–H and O–H groups in total. The van der Waals surface area contributed by atoms with Gasteiger partial charge in [-0.1, -0.05) is 6.07 Å². The Kier molecular flexibility index (Phi) is 5.05. The number of rotatable bonds is 5. The minimum absolute atomic E-state index is 0.00755. The largest absolute Gasteiger partial charge is 0.495 e. The van der Waals surface area contributed by atoms with Crippen molar-refractivity contribution in [3.8, 4) is 5.75 Å². The maximum absolute atomic E-state index is 12.8. The molecule has 22 heavy (non-hydrogen) atoms. The van der Waals surface area contributed by atoms with E-state index < -0.39 is 16.0 Å². The van der Waals surface area contributed by atoms with Crippen LogP contribution in [0.1, 0.15) is 11.1 Å². The molecule has 8 heteroatoms. The van der Waals surface area contributed by atoms with E-state index >= 15 is 0 Å². The molecular weight excluding hydrogens is 310 g/mol. The molecule has 1 aromatic carbocycles. The number of carbonyl (C=O) groups is 1. The fraction of sp³-hybridized carbons (Fsp3) is 0.500. The van der Waals surface area contributed by atoms with E-state index in [0.29, 0.717) is 24.3 Å². The van der Waals surface area contributed by atoms with Gasteiger partial charge in [0, 0.05) is 18.7 Å². The lowest BCUT2D eigenvalue weighted by molar-refractivity contribution is -0.136. The zero-order valence-corrected chi connectivity index (χ0v) is 13.4. The average molecular weight is 329 g/mol. The van der Waals surface area contributed by atoms with Crippen LogP contribution in [-0.4, -0.2) is 57.2 Å². The number of hydrogen-bond acceptors (Lipinski definition) is 5. The van der Waals surface area contributed by atoms with Gasteiger partial charge in [0.15, 0.2) is 0 Å². The van der Waals surface area contributed by atoms with Gasteiger partial charge in [-0.3, -0.25) is 4.79 Å². The van der Waals surface area contributed by atoms with Crippen LogP contribution in [0.4, 0.5) is 0 Å². The van der Waals surface area contributed by atoms with Crippen LogP contribution in [0, 0.1) is 6.92 Å². The van der Waals surface area contributed by atoms with Crippen molar-refractivity contribution >= 4 is 16.0 Å². The first kappa shape index (κ1) is 16.7. The van der Waals surface area contributed by atoms with Gasteiger partial charge < -0.3 is 14.6 Å². The standard InChI is InChI=1S/C14H19NO6S/c1-10-7-11(9-13(16)17)14(20-2)12(8-10)22(18,19)15-3-5-21-6-4-15/h7-8H,3-6,9H2,1-2H3,(H,16,17). The molecule has 0 spiro atoms. The molecule has 0 aliphatic carbocycles. The van der Waals surface area contributed by atoms with Gasteiger partial charge in [0.05, 0.1) is 26.7 Å². The minimum atomic E-state index is -3.75. The van der Waals surface area contributed by atoms with Crippen molar-refractivity contribution in [2.45, 2.75) is 18.2 Å². The molecule has 122 valence electrons. The van der Waals surface area contributed by atoms with Crippen molar-refractivity contribution in [2.24, 2.45) is 0 Å². The van der Waals surface area contributed by atoms with Crippen LogP contribution in [0.25, 0.3) is 0 Å². The first-order valence-corrected chi connectivity index (χ1v) is 8.27. The minimum Gasteiger partial charge on any atom is -0.495 e. The maximum Gasteiger partial charge on any atom is 0.307 e. The molecule has 0 aromatic heterocycles.